The molecule has 2 aliphatic heterocycles. The standard InChI is InChI=1S/C24H37ClN4O4S/c1-15-11-16(2)27(4)24(31)21(15)14-26-23(30)20-12-18(25)13-22(17(20)3)28(5)19-7-9-29(10-8-19)34(6,32)33/h12-13,15-16,19,21H,7-11,14H2,1-6H3,(H,26,30). The first kappa shape index (κ1) is 26.8. The van der Waals surface area contributed by atoms with Crippen molar-refractivity contribution in [3.05, 3.63) is 28.3 Å². The van der Waals surface area contributed by atoms with Gasteiger partial charge in [-0.3, -0.25) is 9.59 Å². The molecule has 1 aromatic carbocycles. The molecule has 0 spiro atoms. The van der Waals surface area contributed by atoms with Gasteiger partial charge in [0.05, 0.1) is 12.2 Å². The highest BCUT2D eigenvalue weighted by Gasteiger charge is 2.36. The third-order valence-electron chi connectivity index (χ3n) is 7.62. The minimum atomic E-state index is -3.19. The highest BCUT2D eigenvalue weighted by atomic mass is 35.5. The second kappa shape index (κ2) is 10.4. The Morgan fingerprint density at radius 3 is 2.44 bits per heavy atom. The lowest BCUT2D eigenvalue weighted by Crippen LogP contribution is -2.51. The Kier molecular flexibility index (Phi) is 8.20. The van der Waals surface area contributed by atoms with Crippen molar-refractivity contribution in [1.29, 1.82) is 0 Å². The molecule has 0 aliphatic carbocycles. The van der Waals surface area contributed by atoms with Gasteiger partial charge in [0, 0.05) is 62.1 Å². The smallest absolute Gasteiger partial charge is 0.251 e. The minimum Gasteiger partial charge on any atom is -0.371 e. The summed E-state index contributed by atoms with van der Waals surface area (Å²) < 4.78 is 25.2. The summed E-state index contributed by atoms with van der Waals surface area (Å²) in [4.78, 5) is 29.7. The first-order chi connectivity index (χ1) is 15.8. The van der Waals surface area contributed by atoms with Crippen LogP contribution < -0.4 is 10.2 Å². The summed E-state index contributed by atoms with van der Waals surface area (Å²) in [5.74, 6) is -0.233. The summed E-state index contributed by atoms with van der Waals surface area (Å²) >= 11 is 6.41. The number of nitrogens with one attached hydrogen (secondary N) is 1. The van der Waals surface area contributed by atoms with E-state index in [2.05, 4.69) is 17.1 Å². The number of benzene rings is 1. The summed E-state index contributed by atoms with van der Waals surface area (Å²) in [7, 11) is 0.587. The van der Waals surface area contributed by atoms with E-state index in [0.29, 0.717) is 36.5 Å². The zero-order valence-corrected chi connectivity index (χ0v) is 22.5. The Morgan fingerprint density at radius 1 is 1.24 bits per heavy atom. The van der Waals surface area contributed by atoms with E-state index in [1.54, 1.807) is 11.0 Å². The zero-order valence-electron chi connectivity index (χ0n) is 21.0. The van der Waals surface area contributed by atoms with Crippen LogP contribution in [0.25, 0.3) is 0 Å². The molecule has 2 saturated heterocycles. The van der Waals surface area contributed by atoms with Crippen molar-refractivity contribution in [2.45, 2.75) is 52.1 Å². The number of amides is 2. The van der Waals surface area contributed by atoms with Crippen LogP contribution >= 0.6 is 11.6 Å². The molecule has 3 atom stereocenters. The number of carbonyl (C=O) groups excluding carboxylic acids is 2. The van der Waals surface area contributed by atoms with Gasteiger partial charge < -0.3 is 15.1 Å². The number of rotatable bonds is 6. The first-order valence-electron chi connectivity index (χ1n) is 11.8. The van der Waals surface area contributed by atoms with Gasteiger partial charge in [0.15, 0.2) is 0 Å². The van der Waals surface area contributed by atoms with Gasteiger partial charge in [-0.25, -0.2) is 12.7 Å². The quantitative estimate of drug-likeness (QED) is 0.633. The topological polar surface area (TPSA) is 90.0 Å². The summed E-state index contributed by atoms with van der Waals surface area (Å²) in [5, 5.41) is 3.42. The number of sulfonamides is 1. The van der Waals surface area contributed by atoms with Crippen LogP contribution in [-0.4, -0.2) is 81.5 Å². The highest BCUT2D eigenvalue weighted by Crippen LogP contribution is 2.32. The molecule has 0 aromatic heterocycles. The molecule has 2 heterocycles. The predicted octanol–water partition coefficient (Wildman–Crippen LogP) is 2.74. The molecule has 0 bridgehead atoms. The fourth-order valence-corrected chi connectivity index (χ4v) is 6.28. The largest absolute Gasteiger partial charge is 0.371 e. The fourth-order valence-electron chi connectivity index (χ4n) is 5.19. The molecule has 190 valence electrons. The lowest BCUT2D eigenvalue weighted by molar-refractivity contribution is -0.141. The van der Waals surface area contributed by atoms with Crippen molar-refractivity contribution >= 4 is 39.1 Å². The van der Waals surface area contributed by atoms with Crippen LogP contribution in [0.15, 0.2) is 12.1 Å². The first-order valence-corrected chi connectivity index (χ1v) is 14.1. The monoisotopic (exact) mass is 512 g/mol. The van der Waals surface area contributed by atoms with E-state index in [-0.39, 0.29) is 42.3 Å². The Balaban J connectivity index is 1.72. The summed E-state index contributed by atoms with van der Waals surface area (Å²) in [6, 6.07) is 3.85. The van der Waals surface area contributed by atoms with Gasteiger partial charge in [-0.2, -0.15) is 0 Å². The van der Waals surface area contributed by atoms with Gasteiger partial charge in [-0.1, -0.05) is 18.5 Å². The zero-order chi connectivity index (χ0) is 25.4. The molecule has 3 unspecified atom stereocenters. The number of piperidine rings is 2. The number of hydrogen-bond donors (Lipinski definition) is 1. The summed E-state index contributed by atoms with van der Waals surface area (Å²) in [6.07, 6.45) is 3.55. The number of halogens is 1. The van der Waals surface area contributed by atoms with Crippen LogP contribution in [0.1, 0.15) is 49.0 Å². The number of carbonyl (C=O) groups is 2. The highest BCUT2D eigenvalue weighted by molar-refractivity contribution is 7.88. The van der Waals surface area contributed by atoms with Crippen LogP contribution in [-0.2, 0) is 14.8 Å². The van der Waals surface area contributed by atoms with Crippen LogP contribution in [0.5, 0.6) is 0 Å². The van der Waals surface area contributed by atoms with Crippen molar-refractivity contribution in [2.24, 2.45) is 11.8 Å². The Hall–Kier alpha value is -1.84. The molecule has 2 amide bonds. The average Bonchev–Trinajstić information content (AvgIpc) is 2.77. The molecule has 0 radical (unpaired) electrons. The molecule has 8 nitrogen and oxygen atoms in total. The van der Waals surface area contributed by atoms with E-state index in [4.69, 9.17) is 11.6 Å². The molecule has 2 fully saturated rings. The van der Waals surface area contributed by atoms with Gasteiger partial charge in [-0.15, -0.1) is 0 Å². The molecule has 10 heteroatoms. The molecule has 1 N–H and O–H groups in total. The Labute approximate surface area is 208 Å². The molecule has 34 heavy (non-hydrogen) atoms. The van der Waals surface area contributed by atoms with E-state index >= 15 is 0 Å². The second-order valence-electron chi connectivity index (χ2n) is 9.93. The van der Waals surface area contributed by atoms with Crippen molar-refractivity contribution in [1.82, 2.24) is 14.5 Å². The normalized spacial score (nSPS) is 24.9. The predicted molar refractivity (Wildman–Crippen MR) is 136 cm³/mol. The number of likely N-dealkylation sites (tertiary alicyclic amines) is 1. The van der Waals surface area contributed by atoms with Gasteiger partial charge in [0.2, 0.25) is 15.9 Å². The maximum Gasteiger partial charge on any atom is 0.251 e. The summed E-state index contributed by atoms with van der Waals surface area (Å²) in [5.41, 5.74) is 2.15. The van der Waals surface area contributed by atoms with Gasteiger partial charge in [0.25, 0.3) is 5.91 Å². The van der Waals surface area contributed by atoms with Crippen molar-refractivity contribution < 1.29 is 18.0 Å². The van der Waals surface area contributed by atoms with E-state index in [9.17, 15) is 18.0 Å². The van der Waals surface area contributed by atoms with Gasteiger partial charge in [0.1, 0.15) is 0 Å². The SMILES string of the molecule is Cc1c(C(=O)NCC2C(=O)N(C)C(C)CC2C)cc(Cl)cc1N(C)C1CCN(S(C)(=O)=O)CC1. The molecule has 0 saturated carbocycles. The molecular weight excluding hydrogens is 476 g/mol. The van der Waals surface area contributed by atoms with Crippen molar-refractivity contribution in [3.63, 3.8) is 0 Å². The molecule has 1 aromatic rings. The number of hydrogen-bond acceptors (Lipinski definition) is 5. The Bertz CT molecular complexity index is 1040. The Morgan fingerprint density at radius 2 is 1.85 bits per heavy atom. The fraction of sp³-hybridized carbons (Fsp3) is 0.667. The van der Waals surface area contributed by atoms with Crippen LogP contribution in [0.3, 0.4) is 0 Å². The lowest BCUT2D eigenvalue weighted by Gasteiger charge is -2.39. The van der Waals surface area contributed by atoms with Crippen LogP contribution in [0, 0.1) is 18.8 Å². The summed E-state index contributed by atoms with van der Waals surface area (Å²) in [6.45, 7) is 7.24. The van der Waals surface area contributed by atoms with Crippen LogP contribution in [0.2, 0.25) is 5.02 Å². The van der Waals surface area contributed by atoms with Crippen LogP contribution in [0.4, 0.5) is 5.69 Å². The third kappa shape index (κ3) is 5.69. The molecule has 3 rings (SSSR count). The van der Waals surface area contributed by atoms with Crippen molar-refractivity contribution in [2.75, 3.05) is 44.9 Å². The maximum absolute atomic E-state index is 13.1. The average molecular weight is 513 g/mol. The van der Waals surface area contributed by atoms with Gasteiger partial charge in [-0.05, 0) is 56.7 Å². The third-order valence-corrected chi connectivity index (χ3v) is 9.14. The number of anilines is 1. The molecular formula is C24H37ClN4O4S. The van der Waals surface area contributed by atoms with E-state index < -0.39 is 10.0 Å². The molecule has 2 aliphatic rings. The van der Waals surface area contributed by atoms with E-state index in [0.717, 1.165) is 17.7 Å². The maximum atomic E-state index is 13.1. The number of nitrogens with zero attached hydrogens (tertiary/aromatic N) is 3. The van der Waals surface area contributed by atoms with Crippen molar-refractivity contribution in [3.8, 4) is 0 Å². The van der Waals surface area contributed by atoms with E-state index in [1.165, 1.54) is 10.6 Å². The lowest BCUT2D eigenvalue weighted by atomic mass is 9.83. The van der Waals surface area contributed by atoms with Gasteiger partial charge >= 0.3 is 0 Å². The van der Waals surface area contributed by atoms with E-state index in [1.807, 2.05) is 34.0 Å². The minimum absolute atomic E-state index is 0.0650. The second-order valence-corrected chi connectivity index (χ2v) is 12.3.